The van der Waals surface area contributed by atoms with Crippen LogP contribution in [0.4, 0.5) is 0 Å². The molecule has 3 aromatic rings. The number of nitrogens with zero attached hydrogens (tertiary/aromatic N) is 2. The fraction of sp³-hybridized carbons (Fsp3) is 0.267. The van der Waals surface area contributed by atoms with Crippen molar-refractivity contribution in [2.45, 2.75) is 11.5 Å². The molecule has 0 N–H and O–H groups in total. The predicted octanol–water partition coefficient (Wildman–Crippen LogP) is 6.17. The molecule has 3 heterocycles. The third-order valence-electron chi connectivity index (χ3n) is 2.76. The van der Waals surface area contributed by atoms with E-state index in [1.165, 1.54) is 19.9 Å². The minimum absolute atomic E-state index is 1.07. The zero-order valence-corrected chi connectivity index (χ0v) is 17.2. The second kappa shape index (κ2) is 9.82. The lowest BCUT2D eigenvalue weighted by Gasteiger charge is -2.01. The average Bonchev–Trinajstić information content (AvgIpc) is 3.23. The standard InChI is InChI=1S/C9H10N2S2.C6H7BrS2/c1-12-6-8-2-5-13-9(8)11-4-3-10-7-11;1-8-4-5-2-3-9-6(5)7/h2-5,7H,6H2,1H3;2-3H,4H2,1H3. The van der Waals surface area contributed by atoms with E-state index >= 15 is 0 Å². The van der Waals surface area contributed by atoms with Gasteiger partial charge in [0, 0.05) is 23.9 Å². The van der Waals surface area contributed by atoms with Gasteiger partial charge in [0.05, 0.1) is 10.1 Å². The summed E-state index contributed by atoms with van der Waals surface area (Å²) < 4.78 is 3.34. The lowest BCUT2D eigenvalue weighted by molar-refractivity contribution is 1.07. The van der Waals surface area contributed by atoms with Crippen LogP contribution in [0.1, 0.15) is 11.1 Å². The topological polar surface area (TPSA) is 17.8 Å². The summed E-state index contributed by atoms with van der Waals surface area (Å²) in [6.45, 7) is 0. The first-order valence-electron chi connectivity index (χ1n) is 6.50. The third-order valence-corrected chi connectivity index (χ3v) is 6.73. The minimum atomic E-state index is 1.07. The number of imidazole rings is 1. The predicted molar refractivity (Wildman–Crippen MR) is 108 cm³/mol. The van der Waals surface area contributed by atoms with Gasteiger partial charge in [0.1, 0.15) is 5.00 Å². The van der Waals surface area contributed by atoms with E-state index in [2.05, 4.69) is 60.9 Å². The molecule has 22 heavy (non-hydrogen) atoms. The van der Waals surface area contributed by atoms with Crippen molar-refractivity contribution in [2.75, 3.05) is 12.5 Å². The van der Waals surface area contributed by atoms with Gasteiger partial charge in [-0.3, -0.25) is 4.57 Å². The Hall–Kier alpha value is -0.210. The van der Waals surface area contributed by atoms with E-state index in [0.717, 1.165) is 11.5 Å². The van der Waals surface area contributed by atoms with Gasteiger partial charge >= 0.3 is 0 Å². The maximum Gasteiger partial charge on any atom is 0.104 e. The number of rotatable bonds is 5. The van der Waals surface area contributed by atoms with Gasteiger partial charge in [-0.2, -0.15) is 23.5 Å². The van der Waals surface area contributed by atoms with E-state index < -0.39 is 0 Å². The number of aromatic nitrogens is 2. The summed E-state index contributed by atoms with van der Waals surface area (Å²) in [5.41, 5.74) is 2.79. The van der Waals surface area contributed by atoms with E-state index in [1.807, 2.05) is 42.2 Å². The monoisotopic (exact) mass is 432 g/mol. The Balaban J connectivity index is 0.000000172. The molecule has 3 rings (SSSR count). The molecular weight excluding hydrogens is 416 g/mol. The number of hydrogen-bond donors (Lipinski definition) is 0. The quantitative estimate of drug-likeness (QED) is 0.479. The first kappa shape index (κ1) is 18.1. The Labute approximate surface area is 156 Å². The van der Waals surface area contributed by atoms with E-state index in [4.69, 9.17) is 0 Å². The first-order valence-corrected chi connectivity index (χ1v) is 11.8. The van der Waals surface area contributed by atoms with Crippen LogP contribution >= 0.6 is 62.1 Å². The largest absolute Gasteiger partial charge is 0.297 e. The summed E-state index contributed by atoms with van der Waals surface area (Å²) in [5.74, 6) is 2.18. The number of halogens is 1. The van der Waals surface area contributed by atoms with Crippen LogP contribution in [0, 0.1) is 0 Å². The summed E-state index contributed by atoms with van der Waals surface area (Å²) in [7, 11) is 0. The number of hydrogen-bond acceptors (Lipinski definition) is 5. The second-order valence-corrected chi connectivity index (χ2v) is 9.17. The number of thioether (sulfide) groups is 2. The summed E-state index contributed by atoms with van der Waals surface area (Å²) in [4.78, 5) is 4.04. The van der Waals surface area contributed by atoms with E-state index in [9.17, 15) is 0 Å². The Morgan fingerprint density at radius 2 is 1.77 bits per heavy atom. The molecule has 7 heteroatoms. The molecule has 0 radical (unpaired) electrons. The van der Waals surface area contributed by atoms with Gasteiger partial charge in [-0.1, -0.05) is 0 Å². The Bertz CT molecular complexity index is 661. The molecule has 0 aromatic carbocycles. The molecule has 0 atom stereocenters. The Morgan fingerprint density at radius 1 is 1.09 bits per heavy atom. The van der Waals surface area contributed by atoms with Crippen molar-refractivity contribution >= 4 is 62.1 Å². The summed E-state index contributed by atoms with van der Waals surface area (Å²) >= 11 is 10.7. The second-order valence-electron chi connectivity index (χ2n) is 4.31. The highest BCUT2D eigenvalue weighted by molar-refractivity contribution is 9.11. The van der Waals surface area contributed by atoms with Crippen LogP contribution in [0.25, 0.3) is 5.00 Å². The van der Waals surface area contributed by atoms with E-state index in [1.54, 1.807) is 22.7 Å². The lowest BCUT2D eigenvalue weighted by Crippen LogP contribution is -1.90. The first-order chi connectivity index (χ1) is 10.8. The van der Waals surface area contributed by atoms with Gasteiger partial charge < -0.3 is 0 Å². The van der Waals surface area contributed by atoms with Crippen molar-refractivity contribution in [1.82, 2.24) is 9.55 Å². The van der Waals surface area contributed by atoms with Crippen LogP contribution in [-0.4, -0.2) is 22.1 Å². The van der Waals surface area contributed by atoms with Gasteiger partial charge in [-0.15, -0.1) is 22.7 Å². The van der Waals surface area contributed by atoms with Gasteiger partial charge in [0.15, 0.2) is 0 Å². The third kappa shape index (κ3) is 5.16. The maximum absolute atomic E-state index is 4.04. The molecule has 0 amide bonds. The lowest BCUT2D eigenvalue weighted by atomic mass is 10.3. The molecule has 3 aromatic heterocycles. The molecule has 0 aliphatic rings. The SMILES string of the molecule is CSCc1ccsc1-n1ccnc1.CSCc1ccsc1Br. The molecule has 0 saturated carbocycles. The summed E-state index contributed by atoms with van der Waals surface area (Å²) in [6.07, 6.45) is 9.87. The van der Waals surface area contributed by atoms with Crippen molar-refractivity contribution in [3.63, 3.8) is 0 Å². The van der Waals surface area contributed by atoms with E-state index in [0.29, 0.717) is 0 Å². The van der Waals surface area contributed by atoms with Crippen molar-refractivity contribution in [3.05, 3.63) is 56.5 Å². The van der Waals surface area contributed by atoms with Gasteiger partial charge in [-0.25, -0.2) is 4.98 Å². The van der Waals surface area contributed by atoms with E-state index in [-0.39, 0.29) is 0 Å². The maximum atomic E-state index is 4.04. The van der Waals surface area contributed by atoms with Crippen molar-refractivity contribution in [1.29, 1.82) is 0 Å². The van der Waals surface area contributed by atoms with Crippen LogP contribution in [0.2, 0.25) is 0 Å². The minimum Gasteiger partial charge on any atom is -0.297 e. The molecule has 0 unspecified atom stereocenters. The molecule has 0 fully saturated rings. The smallest absolute Gasteiger partial charge is 0.104 e. The molecule has 0 aliphatic heterocycles. The normalized spacial score (nSPS) is 10.3. The van der Waals surface area contributed by atoms with Crippen LogP contribution in [0.15, 0.2) is 45.4 Å². The molecular formula is C15H17BrN2S4. The van der Waals surface area contributed by atoms with Gasteiger partial charge in [-0.05, 0) is 62.5 Å². The molecule has 0 saturated heterocycles. The van der Waals surface area contributed by atoms with Crippen LogP contribution in [0.5, 0.6) is 0 Å². The molecule has 2 nitrogen and oxygen atoms in total. The molecule has 0 aliphatic carbocycles. The molecule has 0 bridgehead atoms. The van der Waals surface area contributed by atoms with Gasteiger partial charge in [0.25, 0.3) is 0 Å². The van der Waals surface area contributed by atoms with Crippen LogP contribution < -0.4 is 0 Å². The van der Waals surface area contributed by atoms with Crippen LogP contribution in [0.3, 0.4) is 0 Å². The highest BCUT2D eigenvalue weighted by Gasteiger charge is 2.04. The summed E-state index contributed by atoms with van der Waals surface area (Å²) in [6, 6.07) is 4.34. The molecule has 118 valence electrons. The van der Waals surface area contributed by atoms with Gasteiger partial charge in [0.2, 0.25) is 0 Å². The molecule has 0 spiro atoms. The fourth-order valence-corrected chi connectivity index (χ4v) is 5.36. The van der Waals surface area contributed by atoms with Crippen molar-refractivity contribution in [3.8, 4) is 5.00 Å². The Kier molecular flexibility index (Phi) is 8.10. The summed E-state index contributed by atoms with van der Waals surface area (Å²) in [5, 5.41) is 5.52. The highest BCUT2D eigenvalue weighted by atomic mass is 79.9. The fourth-order valence-electron chi connectivity index (χ4n) is 1.78. The van der Waals surface area contributed by atoms with Crippen molar-refractivity contribution < 1.29 is 0 Å². The van der Waals surface area contributed by atoms with Crippen LogP contribution in [-0.2, 0) is 11.5 Å². The zero-order valence-electron chi connectivity index (χ0n) is 12.4. The Morgan fingerprint density at radius 3 is 2.36 bits per heavy atom. The highest BCUT2D eigenvalue weighted by Crippen LogP contribution is 2.26. The van der Waals surface area contributed by atoms with Crippen molar-refractivity contribution in [2.24, 2.45) is 0 Å². The average molecular weight is 433 g/mol. The zero-order chi connectivity index (χ0) is 15.8. The number of thiophene rings is 2.